The van der Waals surface area contributed by atoms with E-state index >= 15 is 0 Å². The minimum absolute atomic E-state index is 0.167. The standard InChI is InChI=1S/C37H56O3/c1-27(2)16-13-19-35(4,5)20-14-21-36(6,7)22-15-23-37(8)26-32(33(38)29-17-11-10-12-18-29)31-25-30(39-9)24-28(3)34(31)40-37/h10-12,17-18,24-25,27,32H,13-16,19-23,26H2,1-9H3/t32?,37-/m1/s1. The molecule has 3 rings (SSSR count). The second-order valence-electron chi connectivity index (χ2n) is 14.7. The van der Waals surface area contributed by atoms with E-state index in [1.807, 2.05) is 42.5 Å². The van der Waals surface area contributed by atoms with Crippen LogP contribution in [0.2, 0.25) is 0 Å². The molecule has 1 aliphatic rings. The Balaban J connectivity index is 1.64. The highest BCUT2D eigenvalue weighted by Gasteiger charge is 2.41. The number of ketones is 1. The molecule has 3 heteroatoms. The van der Waals surface area contributed by atoms with E-state index in [1.165, 1.54) is 44.9 Å². The molecule has 1 unspecified atom stereocenters. The Morgan fingerprint density at radius 3 is 2.17 bits per heavy atom. The molecule has 1 heterocycles. The molecule has 0 aliphatic carbocycles. The average molecular weight is 549 g/mol. The minimum Gasteiger partial charge on any atom is -0.497 e. The molecule has 0 aromatic heterocycles. The van der Waals surface area contributed by atoms with Crippen molar-refractivity contribution in [3.63, 3.8) is 0 Å². The minimum atomic E-state index is -0.379. The lowest BCUT2D eigenvalue weighted by Crippen LogP contribution is -2.40. The largest absolute Gasteiger partial charge is 0.497 e. The molecule has 0 N–H and O–H groups in total. The summed E-state index contributed by atoms with van der Waals surface area (Å²) in [5.41, 5.74) is 3.11. The second-order valence-corrected chi connectivity index (χ2v) is 14.7. The van der Waals surface area contributed by atoms with E-state index in [2.05, 4.69) is 55.4 Å². The number of Topliss-reactive ketones (excluding diaryl/α,β-unsaturated/α-hetero) is 1. The lowest BCUT2D eigenvalue weighted by molar-refractivity contribution is 0.0363. The lowest BCUT2D eigenvalue weighted by Gasteiger charge is -2.41. The van der Waals surface area contributed by atoms with Gasteiger partial charge in [0.2, 0.25) is 0 Å². The highest BCUT2D eigenvalue weighted by Crippen LogP contribution is 2.48. The fraction of sp³-hybridized carbons (Fsp3) is 0.649. The van der Waals surface area contributed by atoms with Gasteiger partial charge in [-0.3, -0.25) is 4.79 Å². The average Bonchev–Trinajstić information content (AvgIpc) is 2.88. The first-order valence-electron chi connectivity index (χ1n) is 15.7. The van der Waals surface area contributed by atoms with Gasteiger partial charge in [0.25, 0.3) is 0 Å². The van der Waals surface area contributed by atoms with E-state index in [0.29, 0.717) is 17.3 Å². The van der Waals surface area contributed by atoms with Crippen molar-refractivity contribution in [1.29, 1.82) is 0 Å². The van der Waals surface area contributed by atoms with E-state index in [9.17, 15) is 4.79 Å². The zero-order chi connectivity index (χ0) is 29.6. The number of methoxy groups -OCH3 is 1. The maximum absolute atomic E-state index is 13.8. The quantitative estimate of drug-likeness (QED) is 0.208. The number of carbonyl (C=O) groups is 1. The smallest absolute Gasteiger partial charge is 0.170 e. The number of rotatable bonds is 15. The Bertz CT molecular complexity index is 1100. The number of hydrogen-bond donors (Lipinski definition) is 0. The highest BCUT2D eigenvalue weighted by molar-refractivity contribution is 6.01. The summed E-state index contributed by atoms with van der Waals surface area (Å²) in [6.07, 6.45) is 11.8. The molecule has 0 amide bonds. The number of carbonyl (C=O) groups excluding carboxylic acids is 1. The van der Waals surface area contributed by atoms with Gasteiger partial charge in [0, 0.05) is 17.5 Å². The zero-order valence-corrected chi connectivity index (χ0v) is 27.0. The van der Waals surface area contributed by atoms with Crippen LogP contribution < -0.4 is 9.47 Å². The van der Waals surface area contributed by atoms with Crippen LogP contribution in [0.4, 0.5) is 0 Å². The normalized spacial score (nSPS) is 19.3. The summed E-state index contributed by atoms with van der Waals surface area (Å²) in [6, 6.07) is 13.7. The van der Waals surface area contributed by atoms with Crippen LogP contribution in [0.5, 0.6) is 11.5 Å². The number of ether oxygens (including phenoxy) is 2. The molecule has 0 fully saturated rings. The van der Waals surface area contributed by atoms with E-state index in [0.717, 1.165) is 46.9 Å². The fourth-order valence-corrected chi connectivity index (χ4v) is 6.53. The van der Waals surface area contributed by atoms with Crippen molar-refractivity contribution in [3.05, 3.63) is 59.2 Å². The summed E-state index contributed by atoms with van der Waals surface area (Å²) in [5, 5.41) is 0. The molecule has 2 aromatic rings. The molecule has 3 nitrogen and oxygen atoms in total. The molecule has 222 valence electrons. The number of hydrogen-bond acceptors (Lipinski definition) is 3. The van der Waals surface area contributed by atoms with Crippen molar-refractivity contribution in [1.82, 2.24) is 0 Å². The van der Waals surface area contributed by atoms with Crippen molar-refractivity contribution < 1.29 is 14.3 Å². The van der Waals surface area contributed by atoms with Crippen molar-refractivity contribution in [2.75, 3.05) is 7.11 Å². The molecule has 0 bridgehead atoms. The Morgan fingerprint density at radius 1 is 0.975 bits per heavy atom. The maximum Gasteiger partial charge on any atom is 0.170 e. The van der Waals surface area contributed by atoms with E-state index in [4.69, 9.17) is 9.47 Å². The van der Waals surface area contributed by atoms with Crippen LogP contribution in [0.25, 0.3) is 0 Å². The predicted octanol–water partition coefficient (Wildman–Crippen LogP) is 10.7. The summed E-state index contributed by atoms with van der Waals surface area (Å²) in [7, 11) is 1.68. The van der Waals surface area contributed by atoms with Crippen LogP contribution in [-0.2, 0) is 0 Å². The van der Waals surface area contributed by atoms with Crippen LogP contribution in [0.1, 0.15) is 140 Å². The Kier molecular flexibility index (Phi) is 10.9. The van der Waals surface area contributed by atoms with Gasteiger partial charge in [-0.25, -0.2) is 0 Å². The summed E-state index contributed by atoms with van der Waals surface area (Å²) < 4.78 is 12.3. The fourth-order valence-electron chi connectivity index (χ4n) is 6.53. The van der Waals surface area contributed by atoms with Gasteiger partial charge in [0.1, 0.15) is 17.1 Å². The molecule has 0 spiro atoms. The third kappa shape index (κ3) is 9.11. The highest BCUT2D eigenvalue weighted by atomic mass is 16.5. The maximum atomic E-state index is 13.8. The van der Waals surface area contributed by atoms with Crippen LogP contribution in [0, 0.1) is 23.7 Å². The van der Waals surface area contributed by atoms with Crippen molar-refractivity contribution in [3.8, 4) is 11.5 Å². The van der Waals surface area contributed by atoms with Gasteiger partial charge >= 0.3 is 0 Å². The molecular formula is C37H56O3. The van der Waals surface area contributed by atoms with Gasteiger partial charge in [-0.2, -0.15) is 0 Å². The number of aryl methyl sites for hydroxylation is 1. The van der Waals surface area contributed by atoms with Gasteiger partial charge in [-0.05, 0) is 86.8 Å². The van der Waals surface area contributed by atoms with Crippen molar-refractivity contribution in [2.24, 2.45) is 16.7 Å². The Hall–Kier alpha value is -2.29. The van der Waals surface area contributed by atoms with E-state index < -0.39 is 0 Å². The number of fused-ring (bicyclic) bond motifs is 1. The van der Waals surface area contributed by atoms with Gasteiger partial charge in [-0.1, -0.05) is 91.1 Å². The molecule has 2 aromatic carbocycles. The van der Waals surface area contributed by atoms with Crippen LogP contribution in [0.3, 0.4) is 0 Å². The van der Waals surface area contributed by atoms with Crippen LogP contribution >= 0.6 is 0 Å². The Morgan fingerprint density at radius 2 is 1.57 bits per heavy atom. The van der Waals surface area contributed by atoms with Gasteiger partial charge in [0.05, 0.1) is 13.0 Å². The summed E-state index contributed by atoms with van der Waals surface area (Å²) in [4.78, 5) is 13.8. The third-order valence-electron chi connectivity index (χ3n) is 9.15. The first kappa shape index (κ1) is 32.2. The predicted molar refractivity (Wildman–Crippen MR) is 169 cm³/mol. The molecule has 0 saturated carbocycles. The molecule has 40 heavy (non-hydrogen) atoms. The monoisotopic (exact) mass is 548 g/mol. The first-order valence-corrected chi connectivity index (χ1v) is 15.7. The van der Waals surface area contributed by atoms with Crippen molar-refractivity contribution in [2.45, 2.75) is 131 Å². The zero-order valence-electron chi connectivity index (χ0n) is 27.0. The second kappa shape index (κ2) is 13.6. The van der Waals surface area contributed by atoms with Gasteiger partial charge in [-0.15, -0.1) is 0 Å². The third-order valence-corrected chi connectivity index (χ3v) is 9.15. The van der Waals surface area contributed by atoms with Crippen LogP contribution in [-0.4, -0.2) is 18.5 Å². The van der Waals surface area contributed by atoms with E-state index in [1.54, 1.807) is 7.11 Å². The molecule has 0 saturated heterocycles. The van der Waals surface area contributed by atoms with Gasteiger partial charge in [0.15, 0.2) is 5.78 Å². The van der Waals surface area contributed by atoms with E-state index in [-0.39, 0.29) is 17.3 Å². The summed E-state index contributed by atoms with van der Waals surface area (Å²) in [5.74, 6) is 2.37. The summed E-state index contributed by atoms with van der Waals surface area (Å²) in [6.45, 7) is 18.7. The van der Waals surface area contributed by atoms with Gasteiger partial charge < -0.3 is 9.47 Å². The summed E-state index contributed by atoms with van der Waals surface area (Å²) >= 11 is 0. The van der Waals surface area contributed by atoms with Crippen molar-refractivity contribution >= 4 is 5.78 Å². The molecular weight excluding hydrogens is 492 g/mol. The molecule has 2 atom stereocenters. The molecule has 0 radical (unpaired) electrons. The molecule has 1 aliphatic heterocycles. The number of benzene rings is 2. The topological polar surface area (TPSA) is 35.5 Å². The van der Waals surface area contributed by atoms with Crippen LogP contribution in [0.15, 0.2) is 42.5 Å². The first-order chi connectivity index (χ1) is 18.7. The Labute approximate surface area is 245 Å². The SMILES string of the molecule is COc1cc(C)c2c(c1)C(C(=O)c1ccccc1)C[C@@](C)(CCCC(C)(C)CCCC(C)(C)CCCC(C)C)O2. The lowest BCUT2D eigenvalue weighted by atomic mass is 9.74.